The van der Waals surface area contributed by atoms with Crippen molar-refractivity contribution in [3.8, 4) is 17.1 Å². The van der Waals surface area contributed by atoms with Gasteiger partial charge in [0, 0.05) is 11.1 Å². The summed E-state index contributed by atoms with van der Waals surface area (Å²) in [5.41, 5.74) is 1.01. The Labute approximate surface area is 165 Å². The number of rotatable bonds is 6. The largest absolute Gasteiger partial charge is 0.497 e. The van der Waals surface area contributed by atoms with Crippen LogP contribution in [0.3, 0.4) is 0 Å². The van der Waals surface area contributed by atoms with Crippen molar-refractivity contribution >= 4 is 11.9 Å². The van der Waals surface area contributed by atoms with E-state index in [-0.39, 0.29) is 5.95 Å². The monoisotopic (exact) mass is 392 g/mol. The highest BCUT2D eigenvalue weighted by atomic mass is 19.1. The lowest BCUT2D eigenvalue weighted by molar-refractivity contribution is 0.0947. The molecule has 29 heavy (non-hydrogen) atoms. The molecule has 0 saturated carbocycles. The number of furan rings is 1. The summed E-state index contributed by atoms with van der Waals surface area (Å²) in [6.45, 7) is 0.324. The van der Waals surface area contributed by atoms with Gasteiger partial charge in [0.15, 0.2) is 5.82 Å². The Bertz CT molecular complexity index is 1100. The Kier molecular flexibility index (Phi) is 5.07. The molecule has 2 heterocycles. The molecule has 4 rings (SSSR count). The van der Waals surface area contributed by atoms with Gasteiger partial charge in [0.2, 0.25) is 5.95 Å². The number of methoxy groups -OCH3 is 1. The van der Waals surface area contributed by atoms with Crippen LogP contribution in [0.2, 0.25) is 0 Å². The minimum absolute atomic E-state index is 0.251. The molecule has 146 valence electrons. The fourth-order valence-electron chi connectivity index (χ4n) is 2.72. The number of hydrogen-bond acceptors (Lipinski definition) is 6. The number of aromatic nitrogens is 3. The molecule has 0 aliphatic heterocycles. The smallest absolute Gasteiger partial charge is 0.281 e. The van der Waals surface area contributed by atoms with Crippen molar-refractivity contribution in [3.63, 3.8) is 0 Å². The minimum atomic E-state index is -0.431. The van der Waals surface area contributed by atoms with Crippen LogP contribution in [0.1, 0.15) is 16.1 Å². The molecule has 0 spiro atoms. The maximum absolute atomic E-state index is 13.2. The lowest BCUT2D eigenvalue weighted by atomic mass is 10.2. The van der Waals surface area contributed by atoms with Gasteiger partial charge in [-0.2, -0.15) is 9.67 Å². The van der Waals surface area contributed by atoms with E-state index in [1.165, 1.54) is 24.3 Å². The Morgan fingerprint density at radius 1 is 1.14 bits per heavy atom. The van der Waals surface area contributed by atoms with Gasteiger partial charge in [-0.1, -0.05) is 0 Å². The van der Waals surface area contributed by atoms with Crippen LogP contribution < -0.4 is 10.1 Å². The van der Waals surface area contributed by atoms with E-state index in [2.05, 4.69) is 15.4 Å². The van der Waals surface area contributed by atoms with E-state index in [4.69, 9.17) is 9.15 Å². The number of carbonyl (C=O) groups excluding carboxylic acids is 1. The van der Waals surface area contributed by atoms with Gasteiger partial charge in [-0.15, -0.1) is 5.10 Å². The summed E-state index contributed by atoms with van der Waals surface area (Å²) >= 11 is 0. The summed E-state index contributed by atoms with van der Waals surface area (Å²) in [4.78, 5) is 17.4. The van der Waals surface area contributed by atoms with E-state index in [9.17, 15) is 9.18 Å². The highest BCUT2D eigenvalue weighted by molar-refractivity contribution is 5.97. The van der Waals surface area contributed by atoms with Crippen molar-refractivity contribution in [1.82, 2.24) is 14.8 Å². The molecular formula is C21H17FN4O3. The van der Waals surface area contributed by atoms with Crippen LogP contribution in [0, 0.1) is 5.82 Å². The average molecular weight is 392 g/mol. The van der Waals surface area contributed by atoms with Crippen molar-refractivity contribution in [1.29, 1.82) is 0 Å². The average Bonchev–Trinajstić information content (AvgIpc) is 3.42. The summed E-state index contributed by atoms with van der Waals surface area (Å²) in [6.07, 6.45) is 1.56. The normalized spacial score (nSPS) is 10.7. The molecule has 7 nitrogen and oxygen atoms in total. The second-order valence-corrected chi connectivity index (χ2v) is 6.14. The third-order valence-electron chi connectivity index (χ3n) is 4.24. The summed E-state index contributed by atoms with van der Waals surface area (Å²) in [6, 6.07) is 16.0. The lowest BCUT2D eigenvalue weighted by Gasteiger charge is -2.06. The number of ether oxygens (including phenoxy) is 1. The molecule has 0 fully saturated rings. The second-order valence-electron chi connectivity index (χ2n) is 6.14. The van der Waals surface area contributed by atoms with Crippen LogP contribution >= 0.6 is 0 Å². The molecule has 0 atom stereocenters. The molecule has 0 bridgehead atoms. The Hall–Kier alpha value is -3.94. The number of carbonyl (C=O) groups is 1. The van der Waals surface area contributed by atoms with E-state index in [1.807, 2.05) is 0 Å². The van der Waals surface area contributed by atoms with Gasteiger partial charge in [0.1, 0.15) is 17.3 Å². The van der Waals surface area contributed by atoms with Crippen LogP contribution in [-0.2, 0) is 6.54 Å². The Morgan fingerprint density at radius 2 is 1.90 bits per heavy atom. The number of hydrogen-bond donors (Lipinski definition) is 1. The number of anilines is 1. The van der Waals surface area contributed by atoms with Crippen molar-refractivity contribution < 1.29 is 18.3 Å². The van der Waals surface area contributed by atoms with Crippen LogP contribution in [-0.4, -0.2) is 27.8 Å². The topological polar surface area (TPSA) is 82.2 Å². The summed E-state index contributed by atoms with van der Waals surface area (Å²) in [5.74, 6) is 1.15. The summed E-state index contributed by atoms with van der Waals surface area (Å²) < 4.78 is 24.9. The van der Waals surface area contributed by atoms with E-state index in [1.54, 1.807) is 49.8 Å². The highest BCUT2D eigenvalue weighted by Gasteiger charge is 2.19. The molecular weight excluding hydrogens is 375 g/mol. The maximum atomic E-state index is 13.2. The highest BCUT2D eigenvalue weighted by Crippen LogP contribution is 2.22. The first-order valence-electron chi connectivity index (χ1n) is 8.82. The van der Waals surface area contributed by atoms with Crippen molar-refractivity contribution in [2.75, 3.05) is 12.4 Å². The predicted molar refractivity (Wildman–Crippen MR) is 104 cm³/mol. The van der Waals surface area contributed by atoms with E-state index < -0.39 is 11.7 Å². The van der Waals surface area contributed by atoms with Gasteiger partial charge >= 0.3 is 0 Å². The number of nitrogens with one attached hydrogen (secondary N) is 1. The first-order valence-corrected chi connectivity index (χ1v) is 8.82. The Morgan fingerprint density at radius 3 is 2.55 bits per heavy atom. The fourth-order valence-corrected chi connectivity index (χ4v) is 2.72. The van der Waals surface area contributed by atoms with Crippen molar-refractivity contribution in [3.05, 3.63) is 84.1 Å². The quantitative estimate of drug-likeness (QED) is 0.534. The van der Waals surface area contributed by atoms with E-state index >= 15 is 0 Å². The molecule has 2 aromatic carbocycles. The summed E-state index contributed by atoms with van der Waals surface area (Å²) in [5, 5.41) is 7.43. The van der Waals surface area contributed by atoms with Gasteiger partial charge in [0.25, 0.3) is 5.91 Å². The third-order valence-corrected chi connectivity index (χ3v) is 4.24. The van der Waals surface area contributed by atoms with Crippen molar-refractivity contribution in [2.24, 2.45) is 0 Å². The lowest BCUT2D eigenvalue weighted by Crippen LogP contribution is -2.17. The first kappa shape index (κ1) is 18.4. The molecule has 0 radical (unpaired) electrons. The standard InChI is InChI=1S/C21H17FN4O3/c1-28-17-10-6-14(7-11-17)19-24-21(23-13-18-3-2-12-29-18)26(25-19)20(27)15-4-8-16(22)9-5-15/h2-12H,13H2,1H3,(H,23,24,25). The van der Waals surface area contributed by atoms with Crippen LogP contribution in [0.15, 0.2) is 71.3 Å². The van der Waals surface area contributed by atoms with Gasteiger partial charge < -0.3 is 14.5 Å². The number of benzene rings is 2. The molecule has 0 aliphatic carbocycles. The zero-order chi connectivity index (χ0) is 20.2. The second kappa shape index (κ2) is 7.97. The van der Waals surface area contributed by atoms with Crippen molar-refractivity contribution in [2.45, 2.75) is 6.54 Å². The van der Waals surface area contributed by atoms with Gasteiger partial charge in [-0.25, -0.2) is 4.39 Å². The SMILES string of the molecule is COc1ccc(-c2nc(NCc3ccco3)n(C(=O)c3ccc(F)cc3)n2)cc1. The zero-order valence-electron chi connectivity index (χ0n) is 15.5. The number of nitrogens with zero attached hydrogens (tertiary/aromatic N) is 3. The van der Waals surface area contributed by atoms with Crippen LogP contribution in [0.4, 0.5) is 10.3 Å². The predicted octanol–water partition coefficient (Wildman–Crippen LogP) is 3.99. The number of halogens is 1. The van der Waals surface area contributed by atoms with Gasteiger partial charge in [0.05, 0.1) is 19.9 Å². The molecule has 0 amide bonds. The van der Waals surface area contributed by atoms with Crippen LogP contribution in [0.5, 0.6) is 5.75 Å². The molecule has 0 unspecified atom stereocenters. The molecule has 4 aromatic rings. The van der Waals surface area contributed by atoms with Gasteiger partial charge in [-0.3, -0.25) is 4.79 Å². The zero-order valence-corrected chi connectivity index (χ0v) is 15.5. The summed E-state index contributed by atoms with van der Waals surface area (Å²) in [7, 11) is 1.58. The minimum Gasteiger partial charge on any atom is -0.497 e. The molecule has 1 N–H and O–H groups in total. The fraction of sp³-hybridized carbons (Fsp3) is 0.0952. The van der Waals surface area contributed by atoms with Crippen LogP contribution in [0.25, 0.3) is 11.4 Å². The molecule has 0 saturated heterocycles. The van der Waals surface area contributed by atoms with E-state index in [0.29, 0.717) is 29.4 Å². The van der Waals surface area contributed by atoms with Gasteiger partial charge in [-0.05, 0) is 60.7 Å². The maximum Gasteiger partial charge on any atom is 0.281 e. The first-order chi connectivity index (χ1) is 14.1. The third kappa shape index (κ3) is 4.01. The molecule has 0 aliphatic rings. The van der Waals surface area contributed by atoms with E-state index in [0.717, 1.165) is 10.2 Å². The molecule has 2 aromatic heterocycles. The Balaban J connectivity index is 1.69. The molecule has 8 heteroatoms.